The fraction of sp³-hybridized carbons (Fsp3) is 0.0227. The minimum absolute atomic E-state index is 0.625. The minimum atomic E-state index is 0.625. The van der Waals surface area contributed by atoms with E-state index in [9.17, 15) is 0 Å². The maximum atomic E-state index is 6.37. The van der Waals surface area contributed by atoms with Gasteiger partial charge in [-0.25, -0.2) is 15.0 Å². The van der Waals surface area contributed by atoms with Crippen LogP contribution < -0.4 is 0 Å². The molecule has 0 saturated heterocycles. The zero-order valence-electron chi connectivity index (χ0n) is 26.3. The first-order valence-electron chi connectivity index (χ1n) is 16.1. The smallest absolute Gasteiger partial charge is 0.164 e. The number of hydrogen-bond donors (Lipinski definition) is 0. The average Bonchev–Trinajstić information content (AvgIpc) is 3.53. The Labute approximate surface area is 278 Å². The lowest BCUT2D eigenvalue weighted by atomic mass is 9.98. The lowest BCUT2D eigenvalue weighted by molar-refractivity contribution is 0.670. The summed E-state index contributed by atoms with van der Waals surface area (Å²) in [7, 11) is 0. The van der Waals surface area contributed by atoms with Gasteiger partial charge in [0.25, 0.3) is 0 Å². The van der Waals surface area contributed by atoms with Crippen LogP contribution in [0.15, 0.2) is 162 Å². The average molecular weight is 616 g/mol. The van der Waals surface area contributed by atoms with E-state index >= 15 is 0 Å². The molecule has 2 heterocycles. The molecule has 0 N–H and O–H groups in total. The Balaban J connectivity index is 1.15. The zero-order chi connectivity index (χ0) is 32.0. The zero-order valence-corrected chi connectivity index (χ0v) is 26.3. The molecule has 0 unspecified atom stereocenters. The Bertz CT molecular complexity index is 2600. The molecule has 9 rings (SSSR count). The van der Waals surface area contributed by atoms with Crippen LogP contribution >= 0.6 is 0 Å². The number of aromatic nitrogens is 3. The van der Waals surface area contributed by atoms with Gasteiger partial charge in [-0.1, -0.05) is 133 Å². The highest BCUT2D eigenvalue weighted by molar-refractivity contribution is 6.10. The van der Waals surface area contributed by atoms with Gasteiger partial charge in [-0.2, -0.15) is 0 Å². The molecule has 0 atom stereocenters. The lowest BCUT2D eigenvalue weighted by Gasteiger charge is -2.10. The maximum Gasteiger partial charge on any atom is 0.164 e. The van der Waals surface area contributed by atoms with Crippen LogP contribution in [0, 0.1) is 6.92 Å². The van der Waals surface area contributed by atoms with Crippen LogP contribution in [0.5, 0.6) is 0 Å². The quantitative estimate of drug-likeness (QED) is 0.193. The van der Waals surface area contributed by atoms with E-state index in [0.717, 1.165) is 60.7 Å². The van der Waals surface area contributed by atoms with Crippen LogP contribution in [-0.2, 0) is 0 Å². The summed E-state index contributed by atoms with van der Waals surface area (Å²) < 4.78 is 6.37. The number of rotatable bonds is 5. The molecule has 0 aliphatic carbocycles. The molecule has 0 bridgehead atoms. The number of fused-ring (bicyclic) bond motifs is 4. The standard InChI is InChI=1S/C44H29N3O/c1-28-25-38(41-39(26-28)37-13-7-8-14-40(37)48-41)32-18-22-34(23-19-32)43-45-42(33-20-15-31(16-21-33)29-9-3-2-4-10-29)46-44(47-43)36-24-17-30-11-5-6-12-35(30)27-36/h2-27H,1H3. The summed E-state index contributed by atoms with van der Waals surface area (Å²) in [6.07, 6.45) is 0. The molecule has 2 aromatic heterocycles. The van der Waals surface area contributed by atoms with Crippen molar-refractivity contribution in [2.24, 2.45) is 0 Å². The van der Waals surface area contributed by atoms with Crippen LogP contribution in [0.2, 0.25) is 0 Å². The van der Waals surface area contributed by atoms with Crippen molar-refractivity contribution in [3.8, 4) is 56.4 Å². The second-order valence-corrected chi connectivity index (χ2v) is 12.2. The van der Waals surface area contributed by atoms with E-state index in [2.05, 4.69) is 146 Å². The molecule has 0 saturated carbocycles. The van der Waals surface area contributed by atoms with Gasteiger partial charge in [0.05, 0.1) is 0 Å². The van der Waals surface area contributed by atoms with E-state index in [1.807, 2.05) is 18.2 Å². The largest absolute Gasteiger partial charge is 0.455 e. The molecule has 7 aromatic carbocycles. The topological polar surface area (TPSA) is 51.8 Å². The second-order valence-electron chi connectivity index (χ2n) is 12.2. The fourth-order valence-corrected chi connectivity index (χ4v) is 6.52. The molecule has 0 spiro atoms. The summed E-state index contributed by atoms with van der Waals surface area (Å²) in [6, 6.07) is 54.6. The van der Waals surface area contributed by atoms with Gasteiger partial charge in [-0.15, -0.1) is 0 Å². The van der Waals surface area contributed by atoms with E-state index in [0.29, 0.717) is 17.5 Å². The first-order valence-corrected chi connectivity index (χ1v) is 16.1. The lowest BCUT2D eigenvalue weighted by Crippen LogP contribution is -2.00. The Hall–Kier alpha value is -6.39. The van der Waals surface area contributed by atoms with Gasteiger partial charge < -0.3 is 4.42 Å². The van der Waals surface area contributed by atoms with Crippen LogP contribution in [0.4, 0.5) is 0 Å². The van der Waals surface area contributed by atoms with E-state index in [4.69, 9.17) is 19.4 Å². The van der Waals surface area contributed by atoms with E-state index < -0.39 is 0 Å². The van der Waals surface area contributed by atoms with Gasteiger partial charge in [0.1, 0.15) is 11.2 Å². The third-order valence-corrected chi connectivity index (χ3v) is 8.97. The third-order valence-electron chi connectivity index (χ3n) is 8.97. The third kappa shape index (κ3) is 5.01. The van der Waals surface area contributed by atoms with Crippen molar-refractivity contribution in [3.05, 3.63) is 163 Å². The predicted molar refractivity (Wildman–Crippen MR) is 197 cm³/mol. The van der Waals surface area contributed by atoms with Crippen molar-refractivity contribution in [2.45, 2.75) is 6.92 Å². The monoisotopic (exact) mass is 615 g/mol. The molecule has 0 amide bonds. The molecule has 0 fully saturated rings. The maximum absolute atomic E-state index is 6.37. The molecule has 0 radical (unpaired) electrons. The highest BCUT2D eigenvalue weighted by Gasteiger charge is 2.16. The van der Waals surface area contributed by atoms with Crippen LogP contribution in [0.25, 0.3) is 89.1 Å². The van der Waals surface area contributed by atoms with Crippen molar-refractivity contribution < 1.29 is 4.42 Å². The van der Waals surface area contributed by atoms with Gasteiger partial charge in [0, 0.05) is 33.0 Å². The molecule has 4 heteroatoms. The van der Waals surface area contributed by atoms with Gasteiger partial charge >= 0.3 is 0 Å². The molecule has 4 nitrogen and oxygen atoms in total. The summed E-state index contributed by atoms with van der Waals surface area (Å²) >= 11 is 0. The van der Waals surface area contributed by atoms with Crippen molar-refractivity contribution in [1.29, 1.82) is 0 Å². The van der Waals surface area contributed by atoms with Gasteiger partial charge in [-0.3, -0.25) is 0 Å². The summed E-state index contributed by atoms with van der Waals surface area (Å²) in [6.45, 7) is 2.13. The first kappa shape index (κ1) is 27.9. The van der Waals surface area contributed by atoms with E-state index in [-0.39, 0.29) is 0 Å². The van der Waals surface area contributed by atoms with Gasteiger partial charge in [0.15, 0.2) is 17.5 Å². The molecule has 0 aliphatic heterocycles. The molecular weight excluding hydrogens is 587 g/mol. The summed E-state index contributed by atoms with van der Waals surface area (Å²) in [4.78, 5) is 15.0. The Morgan fingerprint density at radius 1 is 0.396 bits per heavy atom. The van der Waals surface area contributed by atoms with Crippen LogP contribution in [0.3, 0.4) is 0 Å². The van der Waals surface area contributed by atoms with Crippen molar-refractivity contribution >= 4 is 32.7 Å². The number of para-hydroxylation sites is 1. The Morgan fingerprint density at radius 2 is 0.938 bits per heavy atom. The van der Waals surface area contributed by atoms with Gasteiger partial charge in [0.2, 0.25) is 0 Å². The SMILES string of the molecule is Cc1cc(-c2ccc(-c3nc(-c4ccc(-c5ccccc5)cc4)nc(-c4ccc5ccccc5c4)n3)cc2)c2oc3ccccc3c2c1. The molecule has 48 heavy (non-hydrogen) atoms. The number of benzene rings is 7. The van der Waals surface area contributed by atoms with E-state index in [1.165, 1.54) is 16.5 Å². The van der Waals surface area contributed by atoms with Crippen LogP contribution in [-0.4, -0.2) is 15.0 Å². The van der Waals surface area contributed by atoms with Crippen molar-refractivity contribution in [3.63, 3.8) is 0 Å². The first-order chi connectivity index (χ1) is 23.7. The molecule has 0 aliphatic rings. The summed E-state index contributed by atoms with van der Waals surface area (Å²) in [5.74, 6) is 1.90. The number of nitrogens with zero attached hydrogens (tertiary/aromatic N) is 3. The fourth-order valence-electron chi connectivity index (χ4n) is 6.52. The second kappa shape index (κ2) is 11.4. The van der Waals surface area contributed by atoms with Gasteiger partial charge in [-0.05, 0) is 64.2 Å². The van der Waals surface area contributed by atoms with Crippen molar-refractivity contribution in [2.75, 3.05) is 0 Å². The number of aryl methyl sites for hydroxylation is 1. The highest BCUT2D eigenvalue weighted by Crippen LogP contribution is 2.37. The predicted octanol–water partition coefficient (Wildman–Crippen LogP) is 11.6. The van der Waals surface area contributed by atoms with Crippen LogP contribution in [0.1, 0.15) is 5.56 Å². The molecule has 226 valence electrons. The highest BCUT2D eigenvalue weighted by atomic mass is 16.3. The molecule has 9 aromatic rings. The Kier molecular flexibility index (Phi) is 6.65. The Morgan fingerprint density at radius 3 is 1.67 bits per heavy atom. The summed E-state index contributed by atoms with van der Waals surface area (Å²) in [5.41, 5.74) is 10.2. The van der Waals surface area contributed by atoms with Crippen molar-refractivity contribution in [1.82, 2.24) is 15.0 Å². The normalized spacial score (nSPS) is 11.4. The molecular formula is C44H29N3O. The minimum Gasteiger partial charge on any atom is -0.455 e. The van der Waals surface area contributed by atoms with E-state index in [1.54, 1.807) is 0 Å². The summed E-state index contributed by atoms with van der Waals surface area (Å²) in [5, 5.41) is 4.58. The number of hydrogen-bond acceptors (Lipinski definition) is 4. The number of furan rings is 1.